The molecule has 0 aliphatic heterocycles. The van der Waals surface area contributed by atoms with E-state index in [-0.39, 0.29) is 5.75 Å². The highest BCUT2D eigenvalue weighted by atomic mass is 19.3. The minimum atomic E-state index is -2.94. The maximum absolute atomic E-state index is 12.6. The van der Waals surface area contributed by atoms with Crippen molar-refractivity contribution < 1.29 is 23.0 Å². The first-order valence-corrected chi connectivity index (χ1v) is 11.0. The monoisotopic (exact) mass is 469 g/mol. The zero-order chi connectivity index (χ0) is 24.3. The summed E-state index contributed by atoms with van der Waals surface area (Å²) in [6.07, 6.45) is 2.85. The third-order valence-corrected chi connectivity index (χ3v) is 5.86. The highest BCUT2D eigenvalue weighted by Gasteiger charge is 2.27. The van der Waals surface area contributed by atoms with Crippen molar-refractivity contribution in [2.45, 2.75) is 45.4 Å². The van der Waals surface area contributed by atoms with Gasteiger partial charge in [-0.05, 0) is 53.8 Å². The van der Waals surface area contributed by atoms with Gasteiger partial charge >= 0.3 is 12.2 Å². The summed E-state index contributed by atoms with van der Waals surface area (Å²) in [4.78, 5) is 13.8. The van der Waals surface area contributed by atoms with Gasteiger partial charge in [0.25, 0.3) is 0 Å². The maximum Gasteiger partial charge on any atom is 0.387 e. The molecule has 0 aliphatic carbocycles. The summed E-state index contributed by atoms with van der Waals surface area (Å²) >= 11 is 0. The minimum absolute atomic E-state index is 0.00588. The van der Waals surface area contributed by atoms with E-state index < -0.39 is 17.8 Å². The van der Waals surface area contributed by atoms with Crippen LogP contribution in [0.1, 0.15) is 37.9 Å². The van der Waals surface area contributed by atoms with Crippen molar-refractivity contribution in [2.24, 2.45) is 0 Å². The van der Waals surface area contributed by atoms with Gasteiger partial charge < -0.3 is 19.7 Å². The Morgan fingerprint density at radius 2 is 1.94 bits per heavy atom. The third-order valence-electron chi connectivity index (χ3n) is 5.86. The average molecular weight is 469 g/mol. The van der Waals surface area contributed by atoms with Gasteiger partial charge in [-0.15, -0.1) is 0 Å². The fourth-order valence-electron chi connectivity index (χ4n) is 3.84. The Kier molecular flexibility index (Phi) is 6.65. The van der Waals surface area contributed by atoms with Crippen molar-refractivity contribution in [3.05, 3.63) is 82.5 Å². The van der Waals surface area contributed by atoms with E-state index >= 15 is 0 Å². The lowest BCUT2D eigenvalue weighted by atomic mass is 9.94. The first-order valence-electron chi connectivity index (χ1n) is 11.0. The molecule has 2 aromatic heterocycles. The Hall–Kier alpha value is -3.72. The molecule has 0 aliphatic rings. The van der Waals surface area contributed by atoms with Crippen molar-refractivity contribution in [2.75, 3.05) is 5.43 Å². The molecule has 0 spiro atoms. The lowest BCUT2D eigenvalue weighted by Gasteiger charge is -2.22. The van der Waals surface area contributed by atoms with E-state index in [0.29, 0.717) is 47.2 Å². The third kappa shape index (κ3) is 4.94. The molecule has 0 bridgehead atoms. The predicted octanol–water partition coefficient (Wildman–Crippen LogP) is 5.01. The molecule has 0 unspecified atom stereocenters. The van der Waals surface area contributed by atoms with E-state index in [1.807, 2.05) is 26.0 Å². The summed E-state index contributed by atoms with van der Waals surface area (Å²) < 4.78 is 35.1. The molecule has 4 aromatic rings. The normalized spacial score (nSPS) is 11.8. The Balaban J connectivity index is 1.59. The largest absolute Gasteiger partial charge is 0.435 e. The fraction of sp³-hybridized carbons (Fsp3) is 0.280. The molecule has 0 radical (unpaired) electrons. The van der Waals surface area contributed by atoms with Gasteiger partial charge in [-0.3, -0.25) is 0 Å². The van der Waals surface area contributed by atoms with Gasteiger partial charge in [-0.25, -0.2) is 4.79 Å². The molecule has 178 valence electrons. The second kappa shape index (κ2) is 9.64. The van der Waals surface area contributed by atoms with Crippen LogP contribution in [0, 0.1) is 0 Å². The molecule has 9 heteroatoms. The highest BCUT2D eigenvalue weighted by Crippen LogP contribution is 2.31. The number of nitrogens with zero attached hydrogens (tertiary/aromatic N) is 2. The van der Waals surface area contributed by atoms with Crippen LogP contribution in [0.25, 0.3) is 22.1 Å². The van der Waals surface area contributed by atoms with Crippen LogP contribution < -0.4 is 15.8 Å². The first kappa shape index (κ1) is 23.4. The molecule has 0 saturated heterocycles. The van der Waals surface area contributed by atoms with Crippen LogP contribution in [0.4, 0.5) is 8.78 Å². The van der Waals surface area contributed by atoms with E-state index in [1.165, 1.54) is 23.0 Å². The molecule has 0 atom stereocenters. The van der Waals surface area contributed by atoms with Gasteiger partial charge in [0, 0.05) is 17.6 Å². The summed E-state index contributed by atoms with van der Waals surface area (Å²) in [6, 6.07) is 14.7. The number of alkyl halides is 2. The average Bonchev–Trinajstić information content (AvgIpc) is 3.31. The van der Waals surface area contributed by atoms with Crippen LogP contribution in [0.15, 0.2) is 70.0 Å². The molecule has 2 N–H and O–H groups in total. The quantitative estimate of drug-likeness (QED) is 0.335. The van der Waals surface area contributed by atoms with Crippen molar-refractivity contribution >= 4 is 11.0 Å². The number of halogens is 2. The number of rotatable bonds is 9. The number of benzene rings is 2. The number of hydrogen-bond acceptors (Lipinski definition) is 6. The maximum atomic E-state index is 12.6. The molecular weight excluding hydrogens is 444 g/mol. The van der Waals surface area contributed by atoms with Gasteiger partial charge in [-0.1, -0.05) is 38.1 Å². The second-order valence-electron chi connectivity index (χ2n) is 7.94. The molecule has 34 heavy (non-hydrogen) atoms. The lowest BCUT2D eigenvalue weighted by Crippen LogP contribution is -2.25. The number of hydrogen-bond donors (Lipinski definition) is 2. The Bertz CT molecular complexity index is 1350. The molecule has 7 nitrogen and oxygen atoms in total. The van der Waals surface area contributed by atoms with Gasteiger partial charge in [0.1, 0.15) is 16.9 Å². The van der Waals surface area contributed by atoms with Gasteiger partial charge in [0.15, 0.2) is 0 Å². The van der Waals surface area contributed by atoms with Gasteiger partial charge in [0.2, 0.25) is 0 Å². The molecule has 0 amide bonds. The topological polar surface area (TPSA) is 89.5 Å². The first-order chi connectivity index (χ1) is 16.3. The smallest absolute Gasteiger partial charge is 0.387 e. The zero-order valence-electron chi connectivity index (χ0n) is 18.8. The lowest BCUT2D eigenvalue weighted by molar-refractivity contribution is -0.0498. The summed E-state index contributed by atoms with van der Waals surface area (Å²) in [5.74, 6) is 0.00588. The van der Waals surface area contributed by atoms with Crippen LogP contribution >= 0.6 is 0 Å². The SMILES string of the molecule is CCC(O)(CC)c1ccn(NCc2ccc3c(-c4cccc(OC(F)F)c4)cc(=O)oc3c2)n1. The zero-order valence-corrected chi connectivity index (χ0v) is 18.8. The second-order valence-corrected chi connectivity index (χ2v) is 7.94. The van der Waals surface area contributed by atoms with Crippen molar-refractivity contribution in [1.82, 2.24) is 9.89 Å². The van der Waals surface area contributed by atoms with Crippen molar-refractivity contribution in [3.8, 4) is 16.9 Å². The Morgan fingerprint density at radius 3 is 2.68 bits per heavy atom. The molecular formula is C25H25F2N3O4. The number of nitrogens with one attached hydrogen (secondary N) is 1. The van der Waals surface area contributed by atoms with Crippen LogP contribution in [0.5, 0.6) is 5.75 Å². The van der Waals surface area contributed by atoms with Crippen LogP contribution in [-0.4, -0.2) is 21.6 Å². The molecule has 4 rings (SSSR count). The molecule has 2 heterocycles. The Morgan fingerprint density at radius 1 is 1.15 bits per heavy atom. The van der Waals surface area contributed by atoms with E-state index in [9.17, 15) is 18.7 Å². The molecule has 2 aromatic carbocycles. The fourth-order valence-corrected chi connectivity index (χ4v) is 3.84. The number of ether oxygens (including phenoxy) is 1. The van der Waals surface area contributed by atoms with Gasteiger partial charge in [-0.2, -0.15) is 18.7 Å². The summed E-state index contributed by atoms with van der Waals surface area (Å²) in [5, 5.41) is 15.7. The number of fused-ring (bicyclic) bond motifs is 1. The van der Waals surface area contributed by atoms with Crippen LogP contribution in [-0.2, 0) is 12.1 Å². The minimum Gasteiger partial charge on any atom is -0.435 e. The predicted molar refractivity (Wildman–Crippen MR) is 124 cm³/mol. The number of aliphatic hydroxyl groups is 1. The molecule has 0 saturated carbocycles. The highest BCUT2D eigenvalue weighted by molar-refractivity contribution is 5.93. The summed E-state index contributed by atoms with van der Waals surface area (Å²) in [5.41, 5.74) is 4.54. The standard InChI is InChI=1S/C25H25F2N3O4/c1-3-25(32,4-2)22-10-11-30(29-22)28-15-16-8-9-19-20(14-23(31)34-21(19)12-16)17-6-5-7-18(13-17)33-24(26)27/h5-14,24,28,32H,3-4,15H2,1-2H3. The van der Waals surface area contributed by atoms with E-state index in [2.05, 4.69) is 15.3 Å². The van der Waals surface area contributed by atoms with Crippen LogP contribution in [0.3, 0.4) is 0 Å². The van der Waals surface area contributed by atoms with Crippen LogP contribution in [0.2, 0.25) is 0 Å². The van der Waals surface area contributed by atoms with E-state index in [4.69, 9.17) is 4.42 Å². The van der Waals surface area contributed by atoms with Crippen molar-refractivity contribution in [3.63, 3.8) is 0 Å². The van der Waals surface area contributed by atoms with E-state index in [0.717, 1.165) is 5.56 Å². The van der Waals surface area contributed by atoms with E-state index in [1.54, 1.807) is 30.5 Å². The Labute approximate surface area is 194 Å². The van der Waals surface area contributed by atoms with Gasteiger partial charge in [0.05, 0.1) is 12.2 Å². The number of aromatic nitrogens is 2. The van der Waals surface area contributed by atoms with Crippen molar-refractivity contribution in [1.29, 1.82) is 0 Å². The summed E-state index contributed by atoms with van der Waals surface area (Å²) in [7, 11) is 0. The molecule has 0 fully saturated rings. The summed E-state index contributed by atoms with van der Waals surface area (Å²) in [6.45, 7) is 1.27.